The highest BCUT2D eigenvalue weighted by atomic mass is 19.4. The highest BCUT2D eigenvalue weighted by molar-refractivity contribution is 5.99. The highest BCUT2D eigenvalue weighted by Crippen LogP contribution is 2.37. The molecule has 0 aliphatic carbocycles. The number of benzene rings is 1. The Morgan fingerprint density at radius 1 is 1.05 bits per heavy atom. The first kappa shape index (κ1) is 12.9. The number of halogens is 3. The average Bonchev–Trinajstić information content (AvgIpc) is 3.12. The topological polar surface area (TPSA) is 46.0 Å². The van der Waals surface area contributed by atoms with Crippen LogP contribution in [0.2, 0.25) is 0 Å². The zero-order valence-corrected chi connectivity index (χ0v) is 11.1. The maximum atomic E-state index is 13.1. The molecule has 0 atom stereocenters. The van der Waals surface area contributed by atoms with E-state index in [1.54, 1.807) is 16.9 Å². The van der Waals surface area contributed by atoms with Crippen LogP contribution in [0.1, 0.15) is 5.56 Å². The van der Waals surface area contributed by atoms with Gasteiger partial charge in [0.25, 0.3) is 0 Å². The van der Waals surface area contributed by atoms with Crippen LogP contribution < -0.4 is 0 Å². The third kappa shape index (κ3) is 1.86. The molecule has 0 unspecified atom stereocenters. The lowest BCUT2D eigenvalue weighted by molar-refractivity contribution is -0.137. The van der Waals surface area contributed by atoms with Gasteiger partial charge in [-0.2, -0.15) is 23.4 Å². The molecule has 0 amide bonds. The number of nitrogens with one attached hydrogen (secondary N) is 1. The first-order valence-electron chi connectivity index (χ1n) is 6.51. The maximum Gasteiger partial charge on any atom is 0.416 e. The zero-order valence-electron chi connectivity index (χ0n) is 11.1. The van der Waals surface area contributed by atoms with Gasteiger partial charge < -0.3 is 0 Å². The van der Waals surface area contributed by atoms with Gasteiger partial charge in [-0.05, 0) is 29.8 Å². The molecule has 3 heterocycles. The molecule has 0 aliphatic heterocycles. The summed E-state index contributed by atoms with van der Waals surface area (Å²) in [7, 11) is 0. The molecule has 110 valence electrons. The SMILES string of the molecule is FC(F)(F)c1cc(-c2cnn3ccccc23)c2cn[nH]c2c1. The van der Waals surface area contributed by atoms with Crippen molar-refractivity contribution in [3.05, 3.63) is 54.5 Å². The Kier molecular flexibility index (Phi) is 2.53. The lowest BCUT2D eigenvalue weighted by atomic mass is 10.00. The van der Waals surface area contributed by atoms with E-state index in [1.807, 2.05) is 18.2 Å². The van der Waals surface area contributed by atoms with Gasteiger partial charge in [-0.3, -0.25) is 5.10 Å². The molecule has 0 fully saturated rings. The highest BCUT2D eigenvalue weighted by Gasteiger charge is 2.32. The molecule has 3 aromatic heterocycles. The molecule has 22 heavy (non-hydrogen) atoms. The van der Waals surface area contributed by atoms with Crippen LogP contribution in [-0.2, 0) is 6.18 Å². The van der Waals surface area contributed by atoms with Crippen LogP contribution in [0.3, 0.4) is 0 Å². The fraction of sp³-hybridized carbons (Fsp3) is 0.0667. The first-order valence-corrected chi connectivity index (χ1v) is 6.51. The molecule has 4 rings (SSSR count). The molecule has 1 aromatic carbocycles. The number of nitrogens with zero attached hydrogens (tertiary/aromatic N) is 3. The van der Waals surface area contributed by atoms with Gasteiger partial charge in [0.15, 0.2) is 0 Å². The molecular formula is C15H9F3N4. The Hall–Kier alpha value is -2.83. The van der Waals surface area contributed by atoms with E-state index in [0.717, 1.165) is 17.6 Å². The minimum Gasteiger partial charge on any atom is -0.278 e. The predicted molar refractivity (Wildman–Crippen MR) is 75.3 cm³/mol. The first-order chi connectivity index (χ1) is 10.5. The minimum atomic E-state index is -4.42. The van der Waals surface area contributed by atoms with Crippen molar-refractivity contribution in [1.29, 1.82) is 0 Å². The van der Waals surface area contributed by atoms with Crippen molar-refractivity contribution < 1.29 is 13.2 Å². The van der Waals surface area contributed by atoms with Crippen molar-refractivity contribution in [2.45, 2.75) is 6.18 Å². The van der Waals surface area contributed by atoms with Gasteiger partial charge in [-0.25, -0.2) is 4.52 Å². The fourth-order valence-electron chi connectivity index (χ4n) is 2.58. The second kappa shape index (κ2) is 4.33. The average molecular weight is 302 g/mol. The van der Waals surface area contributed by atoms with E-state index in [-0.39, 0.29) is 0 Å². The van der Waals surface area contributed by atoms with Crippen LogP contribution in [0.15, 0.2) is 48.9 Å². The summed E-state index contributed by atoms with van der Waals surface area (Å²) in [5, 5.41) is 11.3. The number of fused-ring (bicyclic) bond motifs is 2. The fourth-order valence-corrected chi connectivity index (χ4v) is 2.58. The van der Waals surface area contributed by atoms with Crippen LogP contribution >= 0.6 is 0 Å². The lowest BCUT2D eigenvalue weighted by Crippen LogP contribution is -2.05. The van der Waals surface area contributed by atoms with E-state index >= 15 is 0 Å². The number of alkyl halides is 3. The Morgan fingerprint density at radius 2 is 1.91 bits per heavy atom. The predicted octanol–water partition coefficient (Wildman–Crippen LogP) is 3.90. The van der Waals surface area contributed by atoms with E-state index in [1.165, 1.54) is 6.20 Å². The number of hydrogen-bond acceptors (Lipinski definition) is 2. The van der Waals surface area contributed by atoms with E-state index < -0.39 is 11.7 Å². The maximum absolute atomic E-state index is 13.1. The molecule has 4 aromatic rings. The quantitative estimate of drug-likeness (QED) is 0.579. The number of H-pyrrole nitrogens is 1. The summed E-state index contributed by atoms with van der Waals surface area (Å²) in [5.41, 5.74) is 1.47. The number of hydrogen-bond donors (Lipinski definition) is 1. The van der Waals surface area contributed by atoms with Crippen LogP contribution in [0.4, 0.5) is 13.2 Å². The van der Waals surface area contributed by atoms with Crippen molar-refractivity contribution in [3.8, 4) is 11.1 Å². The third-order valence-corrected chi connectivity index (χ3v) is 3.60. The van der Waals surface area contributed by atoms with Crippen molar-refractivity contribution in [2.75, 3.05) is 0 Å². The van der Waals surface area contributed by atoms with Gasteiger partial charge in [-0.1, -0.05) is 6.07 Å². The van der Waals surface area contributed by atoms with Gasteiger partial charge in [0, 0.05) is 17.1 Å². The summed E-state index contributed by atoms with van der Waals surface area (Å²) >= 11 is 0. The summed E-state index contributed by atoms with van der Waals surface area (Å²) in [5.74, 6) is 0. The molecule has 0 radical (unpaired) electrons. The molecule has 0 spiro atoms. The molecule has 0 bridgehead atoms. The van der Waals surface area contributed by atoms with Crippen LogP contribution in [0.5, 0.6) is 0 Å². The van der Waals surface area contributed by atoms with Crippen LogP contribution in [0, 0.1) is 0 Å². The Balaban J connectivity index is 2.07. The molecular weight excluding hydrogens is 293 g/mol. The Bertz CT molecular complexity index is 981. The Morgan fingerprint density at radius 3 is 2.73 bits per heavy atom. The smallest absolute Gasteiger partial charge is 0.278 e. The second-order valence-electron chi connectivity index (χ2n) is 4.94. The number of aromatic amines is 1. The molecule has 7 heteroatoms. The summed E-state index contributed by atoms with van der Waals surface area (Å²) < 4.78 is 40.9. The van der Waals surface area contributed by atoms with Crippen molar-refractivity contribution in [1.82, 2.24) is 19.8 Å². The number of rotatable bonds is 1. The van der Waals surface area contributed by atoms with Crippen LogP contribution in [0.25, 0.3) is 27.5 Å². The van der Waals surface area contributed by atoms with E-state index in [2.05, 4.69) is 15.3 Å². The molecule has 0 saturated heterocycles. The van der Waals surface area contributed by atoms with Gasteiger partial charge in [-0.15, -0.1) is 0 Å². The number of pyridine rings is 1. The van der Waals surface area contributed by atoms with Crippen molar-refractivity contribution in [3.63, 3.8) is 0 Å². The molecule has 0 aliphatic rings. The van der Waals surface area contributed by atoms with Crippen LogP contribution in [-0.4, -0.2) is 19.8 Å². The largest absolute Gasteiger partial charge is 0.416 e. The molecule has 4 nitrogen and oxygen atoms in total. The zero-order chi connectivity index (χ0) is 15.3. The third-order valence-electron chi connectivity index (χ3n) is 3.60. The standard InChI is InChI=1S/C15H9F3N4/c16-15(17,18)9-5-10(11-7-19-21-13(11)6-9)12-8-20-22-4-2-1-3-14(12)22/h1-8H,(H,19,21). The van der Waals surface area contributed by atoms with E-state index in [4.69, 9.17) is 0 Å². The monoisotopic (exact) mass is 302 g/mol. The molecule has 1 N–H and O–H groups in total. The second-order valence-corrected chi connectivity index (χ2v) is 4.94. The minimum absolute atomic E-state index is 0.347. The lowest BCUT2D eigenvalue weighted by Gasteiger charge is -2.09. The summed E-state index contributed by atoms with van der Waals surface area (Å²) in [4.78, 5) is 0. The van der Waals surface area contributed by atoms with Gasteiger partial charge in [0.1, 0.15) is 0 Å². The van der Waals surface area contributed by atoms with Gasteiger partial charge in [0.2, 0.25) is 0 Å². The summed E-state index contributed by atoms with van der Waals surface area (Å²) in [6.07, 6.45) is 0.421. The van der Waals surface area contributed by atoms with Gasteiger partial charge in [0.05, 0.1) is 29.0 Å². The molecule has 0 saturated carbocycles. The van der Waals surface area contributed by atoms with E-state index in [0.29, 0.717) is 22.0 Å². The summed E-state index contributed by atoms with van der Waals surface area (Å²) in [6.45, 7) is 0. The van der Waals surface area contributed by atoms with Crippen molar-refractivity contribution in [2.24, 2.45) is 0 Å². The van der Waals surface area contributed by atoms with Gasteiger partial charge >= 0.3 is 6.18 Å². The number of aromatic nitrogens is 4. The normalized spacial score (nSPS) is 12.3. The van der Waals surface area contributed by atoms with E-state index in [9.17, 15) is 13.2 Å². The van der Waals surface area contributed by atoms with Crippen molar-refractivity contribution >= 4 is 16.4 Å². The Labute approximate surface area is 122 Å². The summed E-state index contributed by atoms with van der Waals surface area (Å²) in [6, 6.07) is 7.65.